The molecule has 3 amide bonds. The molecule has 120 valence electrons. The minimum atomic E-state index is -0.647. The molecule has 5 nitrogen and oxygen atoms in total. The second kappa shape index (κ2) is 5.86. The lowest BCUT2D eigenvalue weighted by Crippen LogP contribution is -2.51. The molecule has 1 saturated carbocycles. The molecule has 2 fully saturated rings. The van der Waals surface area contributed by atoms with Crippen LogP contribution in [-0.2, 0) is 14.4 Å². The molecule has 0 radical (unpaired) electrons. The van der Waals surface area contributed by atoms with Gasteiger partial charge in [0, 0.05) is 6.04 Å². The van der Waals surface area contributed by atoms with Crippen molar-refractivity contribution in [2.24, 2.45) is 17.8 Å². The zero-order valence-corrected chi connectivity index (χ0v) is 13.2. The summed E-state index contributed by atoms with van der Waals surface area (Å²) in [6, 6.07) is -0.412. The van der Waals surface area contributed by atoms with Crippen LogP contribution in [0, 0.1) is 17.8 Å². The highest BCUT2D eigenvalue weighted by Crippen LogP contribution is 2.37. The van der Waals surface area contributed by atoms with Gasteiger partial charge in [-0.05, 0) is 38.0 Å². The van der Waals surface area contributed by atoms with Gasteiger partial charge >= 0.3 is 0 Å². The largest absolute Gasteiger partial charge is 0.352 e. The van der Waals surface area contributed by atoms with E-state index in [4.69, 9.17) is 0 Å². The third-order valence-electron chi connectivity index (χ3n) is 4.77. The third kappa shape index (κ3) is 2.81. The van der Waals surface area contributed by atoms with E-state index < -0.39 is 6.04 Å². The highest BCUT2D eigenvalue weighted by atomic mass is 16.2. The van der Waals surface area contributed by atoms with E-state index in [2.05, 4.69) is 5.32 Å². The molecule has 22 heavy (non-hydrogen) atoms. The number of rotatable bonds is 5. The van der Waals surface area contributed by atoms with Crippen LogP contribution in [0.4, 0.5) is 0 Å². The van der Waals surface area contributed by atoms with Crippen LogP contribution in [0.3, 0.4) is 0 Å². The van der Waals surface area contributed by atoms with Gasteiger partial charge in [0.15, 0.2) is 0 Å². The van der Waals surface area contributed by atoms with Gasteiger partial charge in [0.25, 0.3) is 0 Å². The maximum atomic E-state index is 12.7. The highest BCUT2D eigenvalue weighted by molar-refractivity contribution is 6.08. The van der Waals surface area contributed by atoms with Crippen LogP contribution in [0.25, 0.3) is 0 Å². The standard InChI is InChI=1S/C17H24N2O3/c1-10(2)9-14(15(20)18-11-7-8-11)19-16(21)12-5-3-4-6-13(12)17(19)22/h3-4,10-14H,5-9H2,1-2H3,(H,18,20)/t12-,13+,14-/m0/s1. The van der Waals surface area contributed by atoms with Gasteiger partial charge in [-0.2, -0.15) is 0 Å². The summed E-state index contributed by atoms with van der Waals surface area (Å²) >= 11 is 0. The summed E-state index contributed by atoms with van der Waals surface area (Å²) in [6.45, 7) is 4.02. The molecular weight excluding hydrogens is 280 g/mol. The van der Waals surface area contributed by atoms with E-state index in [1.54, 1.807) is 0 Å². The zero-order valence-electron chi connectivity index (χ0n) is 13.2. The Balaban J connectivity index is 1.81. The second-order valence-electron chi connectivity index (χ2n) is 7.13. The van der Waals surface area contributed by atoms with Gasteiger partial charge in [-0.1, -0.05) is 26.0 Å². The van der Waals surface area contributed by atoms with Crippen molar-refractivity contribution in [2.75, 3.05) is 0 Å². The van der Waals surface area contributed by atoms with E-state index >= 15 is 0 Å². The molecule has 3 rings (SSSR count). The number of imide groups is 1. The van der Waals surface area contributed by atoms with Crippen LogP contribution in [0.1, 0.15) is 46.0 Å². The molecule has 5 heteroatoms. The van der Waals surface area contributed by atoms with Crippen molar-refractivity contribution in [1.82, 2.24) is 10.2 Å². The van der Waals surface area contributed by atoms with E-state index in [0.29, 0.717) is 19.3 Å². The Labute approximate surface area is 131 Å². The van der Waals surface area contributed by atoms with Gasteiger partial charge in [0.1, 0.15) is 6.04 Å². The van der Waals surface area contributed by atoms with Crippen LogP contribution in [0.2, 0.25) is 0 Å². The summed E-state index contributed by atoms with van der Waals surface area (Å²) in [5.74, 6) is -0.755. The van der Waals surface area contributed by atoms with Crippen LogP contribution >= 0.6 is 0 Å². The number of hydrogen-bond donors (Lipinski definition) is 1. The molecule has 0 bridgehead atoms. The summed E-state index contributed by atoms with van der Waals surface area (Å²) in [5.41, 5.74) is 0. The van der Waals surface area contributed by atoms with E-state index in [1.165, 1.54) is 4.90 Å². The van der Waals surface area contributed by atoms with Crippen LogP contribution in [0.5, 0.6) is 0 Å². The lowest BCUT2D eigenvalue weighted by atomic mass is 9.85. The minimum absolute atomic E-state index is 0.157. The highest BCUT2D eigenvalue weighted by Gasteiger charge is 2.51. The Kier molecular flexibility index (Phi) is 4.06. The van der Waals surface area contributed by atoms with Crippen molar-refractivity contribution in [3.05, 3.63) is 12.2 Å². The van der Waals surface area contributed by atoms with E-state index in [1.807, 2.05) is 26.0 Å². The minimum Gasteiger partial charge on any atom is -0.352 e. The molecule has 2 aliphatic carbocycles. The van der Waals surface area contributed by atoms with Crippen molar-refractivity contribution in [2.45, 2.75) is 58.0 Å². The molecule has 1 aliphatic heterocycles. The monoisotopic (exact) mass is 304 g/mol. The lowest BCUT2D eigenvalue weighted by Gasteiger charge is -2.27. The fourth-order valence-corrected chi connectivity index (χ4v) is 3.43. The Morgan fingerprint density at radius 3 is 2.18 bits per heavy atom. The number of fused-ring (bicyclic) bond motifs is 1. The molecule has 0 spiro atoms. The van der Waals surface area contributed by atoms with Gasteiger partial charge in [0.05, 0.1) is 11.8 Å². The first-order valence-electron chi connectivity index (χ1n) is 8.31. The number of nitrogens with zero attached hydrogens (tertiary/aromatic N) is 1. The molecule has 1 N–H and O–H groups in total. The summed E-state index contributed by atoms with van der Waals surface area (Å²) in [5, 5.41) is 2.96. The summed E-state index contributed by atoms with van der Waals surface area (Å²) in [7, 11) is 0. The average molecular weight is 304 g/mol. The van der Waals surface area contributed by atoms with Crippen LogP contribution in [0.15, 0.2) is 12.2 Å². The molecule has 1 heterocycles. The summed E-state index contributed by atoms with van der Waals surface area (Å²) in [4.78, 5) is 39.2. The van der Waals surface area contributed by atoms with Crippen molar-refractivity contribution < 1.29 is 14.4 Å². The van der Waals surface area contributed by atoms with Gasteiger partial charge in [0.2, 0.25) is 17.7 Å². The molecule has 3 atom stereocenters. The summed E-state index contributed by atoms with van der Waals surface area (Å²) < 4.78 is 0. The first kappa shape index (κ1) is 15.3. The Hall–Kier alpha value is -1.65. The van der Waals surface area contributed by atoms with Crippen molar-refractivity contribution >= 4 is 17.7 Å². The van der Waals surface area contributed by atoms with Crippen LogP contribution < -0.4 is 5.32 Å². The maximum absolute atomic E-state index is 12.7. The topological polar surface area (TPSA) is 66.5 Å². The number of carbonyl (C=O) groups is 3. The first-order chi connectivity index (χ1) is 10.5. The van der Waals surface area contributed by atoms with Crippen molar-refractivity contribution in [3.63, 3.8) is 0 Å². The molecule has 0 aromatic carbocycles. The number of nitrogens with one attached hydrogen (secondary N) is 1. The number of likely N-dealkylation sites (tertiary alicyclic amines) is 1. The molecular formula is C17H24N2O3. The Morgan fingerprint density at radius 1 is 1.18 bits per heavy atom. The van der Waals surface area contributed by atoms with E-state index in [0.717, 1.165) is 12.8 Å². The molecule has 0 aromatic rings. The second-order valence-corrected chi connectivity index (χ2v) is 7.13. The van der Waals surface area contributed by atoms with Gasteiger partial charge in [-0.15, -0.1) is 0 Å². The third-order valence-corrected chi connectivity index (χ3v) is 4.77. The van der Waals surface area contributed by atoms with Gasteiger partial charge in [-0.25, -0.2) is 0 Å². The SMILES string of the molecule is CC(C)C[C@@H](C(=O)NC1CC1)N1C(=O)[C@H]2CC=CC[C@H]2C1=O. The smallest absolute Gasteiger partial charge is 0.243 e. The Bertz CT molecular complexity index is 496. The van der Waals surface area contributed by atoms with Crippen molar-refractivity contribution in [3.8, 4) is 0 Å². The van der Waals surface area contributed by atoms with Gasteiger partial charge in [-0.3, -0.25) is 19.3 Å². The molecule has 0 unspecified atom stereocenters. The zero-order chi connectivity index (χ0) is 15.9. The fourth-order valence-electron chi connectivity index (χ4n) is 3.43. The quantitative estimate of drug-likeness (QED) is 0.620. The van der Waals surface area contributed by atoms with Crippen molar-refractivity contribution in [1.29, 1.82) is 0 Å². The average Bonchev–Trinajstić information content (AvgIpc) is 3.25. The van der Waals surface area contributed by atoms with E-state index in [9.17, 15) is 14.4 Å². The molecule has 0 aromatic heterocycles. The van der Waals surface area contributed by atoms with E-state index in [-0.39, 0.29) is 41.5 Å². The summed E-state index contributed by atoms with van der Waals surface area (Å²) in [6.07, 6.45) is 7.70. The predicted octanol–water partition coefficient (Wildman–Crippen LogP) is 1.63. The molecule has 1 saturated heterocycles. The fraction of sp³-hybridized carbons (Fsp3) is 0.706. The Morgan fingerprint density at radius 2 is 1.73 bits per heavy atom. The first-order valence-corrected chi connectivity index (χ1v) is 8.31. The lowest BCUT2D eigenvalue weighted by molar-refractivity contribution is -0.148. The predicted molar refractivity (Wildman–Crippen MR) is 81.6 cm³/mol. The maximum Gasteiger partial charge on any atom is 0.243 e. The normalized spacial score (nSPS) is 29.0. The van der Waals surface area contributed by atoms with Crippen LogP contribution in [-0.4, -0.2) is 34.7 Å². The molecule has 3 aliphatic rings. The number of carbonyl (C=O) groups excluding carboxylic acids is 3. The van der Waals surface area contributed by atoms with Gasteiger partial charge < -0.3 is 5.32 Å². The number of hydrogen-bond acceptors (Lipinski definition) is 3. The number of amides is 3. The number of allylic oxidation sites excluding steroid dienone is 2.